The Morgan fingerprint density at radius 3 is 2.33 bits per heavy atom. The summed E-state index contributed by atoms with van der Waals surface area (Å²) in [5, 5.41) is 12.7. The van der Waals surface area contributed by atoms with Crippen LogP contribution in [0, 0.1) is 5.41 Å². The molecule has 2 N–H and O–H groups in total. The van der Waals surface area contributed by atoms with Crippen LogP contribution >= 0.6 is 0 Å². The molecule has 0 spiro atoms. The summed E-state index contributed by atoms with van der Waals surface area (Å²) in [5.74, 6) is 0. The van der Waals surface area contributed by atoms with E-state index in [1.54, 1.807) is 0 Å². The highest BCUT2D eigenvalue weighted by atomic mass is 16.3. The van der Waals surface area contributed by atoms with Gasteiger partial charge < -0.3 is 10.4 Å². The number of hydrogen-bond donors (Lipinski definition) is 2. The second kappa shape index (κ2) is 6.91. The number of aliphatic hydroxyl groups is 1. The normalized spacial score (nSPS) is 13.6. The molecule has 0 aliphatic rings. The van der Waals surface area contributed by atoms with Crippen LogP contribution in [-0.2, 0) is 6.42 Å². The molecule has 1 unspecified atom stereocenters. The molecule has 0 aromatic heterocycles. The lowest BCUT2D eigenvalue weighted by Crippen LogP contribution is -2.33. The second-order valence-electron chi connectivity index (χ2n) is 5.92. The molecule has 102 valence electrons. The Balaban J connectivity index is 2.53. The fraction of sp³-hybridized carbons (Fsp3) is 0.625. The summed E-state index contributed by atoms with van der Waals surface area (Å²) < 4.78 is 0. The van der Waals surface area contributed by atoms with Crippen LogP contribution in [0.15, 0.2) is 24.3 Å². The minimum atomic E-state index is -0.0591. The lowest BCUT2D eigenvalue weighted by atomic mass is 9.94. The minimum absolute atomic E-state index is 0.0591. The average molecular weight is 249 g/mol. The standard InChI is InChI=1S/C16H27NO/c1-5-6-14-7-9-15(10-8-14)13(2)17-11-16(3,4)12-18/h7-10,13,17-18H,5-6,11-12H2,1-4H3. The molecule has 0 heterocycles. The summed E-state index contributed by atoms with van der Waals surface area (Å²) in [6.45, 7) is 9.54. The van der Waals surface area contributed by atoms with Gasteiger partial charge in [0.2, 0.25) is 0 Å². The predicted octanol–water partition coefficient (Wildman–Crippen LogP) is 3.31. The molecule has 0 aliphatic heterocycles. The first-order valence-electron chi connectivity index (χ1n) is 6.91. The Morgan fingerprint density at radius 1 is 1.22 bits per heavy atom. The van der Waals surface area contributed by atoms with Crippen molar-refractivity contribution in [3.05, 3.63) is 35.4 Å². The van der Waals surface area contributed by atoms with Gasteiger partial charge in [0, 0.05) is 24.6 Å². The van der Waals surface area contributed by atoms with Crippen LogP contribution < -0.4 is 5.32 Å². The third-order valence-corrected chi connectivity index (χ3v) is 3.33. The fourth-order valence-electron chi connectivity index (χ4n) is 1.86. The maximum Gasteiger partial charge on any atom is 0.0494 e. The van der Waals surface area contributed by atoms with Gasteiger partial charge in [-0.2, -0.15) is 0 Å². The third-order valence-electron chi connectivity index (χ3n) is 3.33. The van der Waals surface area contributed by atoms with Crippen LogP contribution in [0.5, 0.6) is 0 Å². The van der Waals surface area contributed by atoms with Crippen LogP contribution in [-0.4, -0.2) is 18.3 Å². The number of aliphatic hydroxyl groups excluding tert-OH is 1. The van der Waals surface area contributed by atoms with E-state index in [0.717, 1.165) is 13.0 Å². The highest BCUT2D eigenvalue weighted by molar-refractivity contribution is 5.24. The number of hydrogen-bond acceptors (Lipinski definition) is 2. The highest BCUT2D eigenvalue weighted by Crippen LogP contribution is 2.17. The maximum absolute atomic E-state index is 9.23. The van der Waals surface area contributed by atoms with Gasteiger partial charge in [-0.05, 0) is 24.5 Å². The molecule has 0 aliphatic carbocycles. The number of benzene rings is 1. The van der Waals surface area contributed by atoms with Crippen molar-refractivity contribution in [3.63, 3.8) is 0 Å². The van der Waals surface area contributed by atoms with E-state index >= 15 is 0 Å². The van der Waals surface area contributed by atoms with Crippen molar-refractivity contribution in [1.29, 1.82) is 0 Å². The first-order chi connectivity index (χ1) is 8.48. The van der Waals surface area contributed by atoms with Gasteiger partial charge in [0.05, 0.1) is 0 Å². The molecule has 0 saturated heterocycles. The van der Waals surface area contributed by atoms with Crippen LogP contribution in [0.2, 0.25) is 0 Å². The monoisotopic (exact) mass is 249 g/mol. The summed E-state index contributed by atoms with van der Waals surface area (Å²) in [5.41, 5.74) is 2.66. The van der Waals surface area contributed by atoms with Crippen LogP contribution in [0.4, 0.5) is 0 Å². The lowest BCUT2D eigenvalue weighted by molar-refractivity contribution is 0.154. The number of nitrogens with one attached hydrogen (secondary N) is 1. The van der Waals surface area contributed by atoms with E-state index in [9.17, 15) is 5.11 Å². The number of rotatable bonds is 7. The molecule has 0 bridgehead atoms. The van der Waals surface area contributed by atoms with Gasteiger partial charge in [-0.1, -0.05) is 51.5 Å². The van der Waals surface area contributed by atoms with Crippen molar-refractivity contribution in [3.8, 4) is 0 Å². The van der Waals surface area contributed by atoms with Gasteiger partial charge in [0.1, 0.15) is 0 Å². The molecule has 18 heavy (non-hydrogen) atoms. The fourth-order valence-corrected chi connectivity index (χ4v) is 1.86. The van der Waals surface area contributed by atoms with Gasteiger partial charge >= 0.3 is 0 Å². The Hall–Kier alpha value is -0.860. The third kappa shape index (κ3) is 4.79. The molecule has 0 amide bonds. The van der Waals surface area contributed by atoms with E-state index in [1.807, 2.05) is 0 Å². The highest BCUT2D eigenvalue weighted by Gasteiger charge is 2.17. The molecule has 1 aromatic carbocycles. The number of aryl methyl sites for hydroxylation is 1. The second-order valence-corrected chi connectivity index (χ2v) is 5.92. The Morgan fingerprint density at radius 2 is 1.83 bits per heavy atom. The maximum atomic E-state index is 9.23. The molecular formula is C16H27NO. The molecule has 1 rings (SSSR count). The summed E-state index contributed by atoms with van der Waals surface area (Å²) in [4.78, 5) is 0. The zero-order valence-electron chi connectivity index (χ0n) is 12.2. The van der Waals surface area contributed by atoms with Crippen molar-refractivity contribution in [1.82, 2.24) is 5.32 Å². The topological polar surface area (TPSA) is 32.3 Å². The largest absolute Gasteiger partial charge is 0.396 e. The Labute approximate surface area is 111 Å². The van der Waals surface area contributed by atoms with E-state index in [4.69, 9.17) is 0 Å². The Bertz CT molecular complexity index is 343. The molecule has 1 aromatic rings. The van der Waals surface area contributed by atoms with Crippen LogP contribution in [0.3, 0.4) is 0 Å². The minimum Gasteiger partial charge on any atom is -0.396 e. The summed E-state index contributed by atoms with van der Waals surface area (Å²) in [6.07, 6.45) is 2.34. The van der Waals surface area contributed by atoms with Crippen molar-refractivity contribution >= 4 is 0 Å². The molecule has 0 saturated carbocycles. The first kappa shape index (κ1) is 15.2. The smallest absolute Gasteiger partial charge is 0.0494 e. The van der Waals surface area contributed by atoms with Crippen LogP contribution in [0.25, 0.3) is 0 Å². The van der Waals surface area contributed by atoms with Gasteiger partial charge in [-0.15, -0.1) is 0 Å². The van der Waals surface area contributed by atoms with E-state index in [0.29, 0.717) is 6.04 Å². The zero-order chi connectivity index (χ0) is 13.6. The average Bonchev–Trinajstić information content (AvgIpc) is 2.37. The van der Waals surface area contributed by atoms with E-state index in [-0.39, 0.29) is 12.0 Å². The summed E-state index contributed by atoms with van der Waals surface area (Å²) >= 11 is 0. The SMILES string of the molecule is CCCc1ccc(C(C)NCC(C)(C)CO)cc1. The summed E-state index contributed by atoms with van der Waals surface area (Å²) in [6, 6.07) is 9.16. The first-order valence-corrected chi connectivity index (χ1v) is 6.91. The van der Waals surface area contributed by atoms with Gasteiger partial charge in [-0.3, -0.25) is 0 Å². The van der Waals surface area contributed by atoms with Crippen molar-refractivity contribution in [2.24, 2.45) is 5.41 Å². The Kier molecular flexibility index (Phi) is 5.83. The van der Waals surface area contributed by atoms with E-state index in [1.165, 1.54) is 17.5 Å². The van der Waals surface area contributed by atoms with Gasteiger partial charge in [0.25, 0.3) is 0 Å². The van der Waals surface area contributed by atoms with Gasteiger partial charge in [-0.25, -0.2) is 0 Å². The quantitative estimate of drug-likeness (QED) is 0.777. The predicted molar refractivity (Wildman–Crippen MR) is 77.7 cm³/mol. The summed E-state index contributed by atoms with van der Waals surface area (Å²) in [7, 11) is 0. The molecule has 1 atom stereocenters. The van der Waals surface area contributed by atoms with Gasteiger partial charge in [0.15, 0.2) is 0 Å². The molecule has 2 heteroatoms. The van der Waals surface area contributed by atoms with Crippen LogP contribution in [0.1, 0.15) is 51.3 Å². The molecule has 0 radical (unpaired) electrons. The molecular weight excluding hydrogens is 222 g/mol. The zero-order valence-corrected chi connectivity index (χ0v) is 12.2. The lowest BCUT2D eigenvalue weighted by Gasteiger charge is -2.25. The van der Waals surface area contributed by atoms with Crippen molar-refractivity contribution in [2.45, 2.75) is 46.6 Å². The van der Waals surface area contributed by atoms with E-state index in [2.05, 4.69) is 57.3 Å². The van der Waals surface area contributed by atoms with Crippen molar-refractivity contribution in [2.75, 3.05) is 13.2 Å². The molecule has 2 nitrogen and oxygen atoms in total. The molecule has 0 fully saturated rings. The van der Waals surface area contributed by atoms with Crippen molar-refractivity contribution < 1.29 is 5.11 Å². The van der Waals surface area contributed by atoms with E-state index < -0.39 is 0 Å².